The standard InChI is InChI=1S/C15H14N6S/c16-6-12-1-2-18-13(5-12)20-7-15(8-20)9-21(10-15)14(22)19-4-3-17-11-19/h1-5,11H,7-10H2. The van der Waals surface area contributed by atoms with E-state index in [0.717, 1.165) is 37.1 Å². The Morgan fingerprint density at radius 2 is 2.09 bits per heavy atom. The molecule has 0 bridgehead atoms. The highest BCUT2D eigenvalue weighted by Crippen LogP contribution is 2.41. The van der Waals surface area contributed by atoms with Crippen molar-refractivity contribution in [2.24, 2.45) is 5.41 Å². The van der Waals surface area contributed by atoms with Gasteiger partial charge >= 0.3 is 0 Å². The van der Waals surface area contributed by atoms with Crippen molar-refractivity contribution in [1.82, 2.24) is 19.4 Å². The zero-order valence-electron chi connectivity index (χ0n) is 11.9. The number of pyridine rings is 1. The van der Waals surface area contributed by atoms with Crippen LogP contribution in [0.25, 0.3) is 0 Å². The molecule has 0 unspecified atom stereocenters. The molecule has 2 aliphatic heterocycles. The summed E-state index contributed by atoms with van der Waals surface area (Å²) in [7, 11) is 0. The molecule has 0 aliphatic carbocycles. The monoisotopic (exact) mass is 310 g/mol. The van der Waals surface area contributed by atoms with Crippen molar-refractivity contribution < 1.29 is 0 Å². The maximum Gasteiger partial charge on any atom is 0.181 e. The number of likely N-dealkylation sites (tertiary alicyclic amines) is 1. The molecule has 4 rings (SSSR count). The molecular weight excluding hydrogens is 296 g/mol. The fourth-order valence-corrected chi connectivity index (χ4v) is 3.46. The van der Waals surface area contributed by atoms with E-state index in [9.17, 15) is 0 Å². The summed E-state index contributed by atoms with van der Waals surface area (Å²) in [5, 5.41) is 9.77. The normalized spacial score (nSPS) is 18.5. The van der Waals surface area contributed by atoms with Crippen LogP contribution >= 0.6 is 12.2 Å². The van der Waals surface area contributed by atoms with Crippen LogP contribution < -0.4 is 4.90 Å². The van der Waals surface area contributed by atoms with Gasteiger partial charge < -0.3 is 9.80 Å². The van der Waals surface area contributed by atoms with Crippen LogP contribution in [-0.4, -0.2) is 50.7 Å². The zero-order valence-corrected chi connectivity index (χ0v) is 12.7. The molecule has 0 aromatic carbocycles. The van der Waals surface area contributed by atoms with Crippen LogP contribution in [0.1, 0.15) is 5.56 Å². The van der Waals surface area contributed by atoms with Gasteiger partial charge in [-0.15, -0.1) is 0 Å². The van der Waals surface area contributed by atoms with Crippen LogP contribution in [0, 0.1) is 16.7 Å². The predicted octanol–water partition coefficient (Wildman–Crippen LogP) is 1.10. The Labute approximate surface area is 133 Å². The zero-order chi connectivity index (χ0) is 15.2. The van der Waals surface area contributed by atoms with Gasteiger partial charge in [-0.05, 0) is 24.4 Å². The fraction of sp³-hybridized carbons (Fsp3) is 0.333. The molecule has 22 heavy (non-hydrogen) atoms. The molecule has 4 heterocycles. The Kier molecular flexibility index (Phi) is 2.87. The smallest absolute Gasteiger partial charge is 0.181 e. The third-order valence-corrected chi connectivity index (χ3v) is 4.77. The van der Waals surface area contributed by atoms with E-state index in [1.54, 1.807) is 24.8 Å². The maximum atomic E-state index is 8.96. The van der Waals surface area contributed by atoms with Crippen molar-refractivity contribution in [3.05, 3.63) is 42.6 Å². The molecule has 7 heteroatoms. The largest absolute Gasteiger partial charge is 0.355 e. The third-order valence-electron chi connectivity index (χ3n) is 4.30. The summed E-state index contributed by atoms with van der Waals surface area (Å²) in [5.41, 5.74) is 0.970. The van der Waals surface area contributed by atoms with Crippen molar-refractivity contribution in [3.8, 4) is 6.07 Å². The van der Waals surface area contributed by atoms with Crippen molar-refractivity contribution in [2.75, 3.05) is 31.1 Å². The number of nitrogens with zero attached hydrogens (tertiary/aromatic N) is 6. The van der Waals surface area contributed by atoms with E-state index >= 15 is 0 Å². The molecule has 0 radical (unpaired) electrons. The molecule has 0 N–H and O–H groups in total. The minimum absolute atomic E-state index is 0.314. The van der Waals surface area contributed by atoms with Gasteiger partial charge in [0.25, 0.3) is 0 Å². The SMILES string of the molecule is N#Cc1ccnc(N2CC3(CN(C(=S)n4ccnc4)C3)C2)c1. The summed E-state index contributed by atoms with van der Waals surface area (Å²) >= 11 is 5.46. The van der Waals surface area contributed by atoms with Crippen molar-refractivity contribution in [3.63, 3.8) is 0 Å². The summed E-state index contributed by atoms with van der Waals surface area (Å²) in [5.74, 6) is 0.889. The lowest BCUT2D eigenvalue weighted by atomic mass is 9.73. The first-order valence-electron chi connectivity index (χ1n) is 7.07. The van der Waals surface area contributed by atoms with Crippen molar-refractivity contribution >= 4 is 23.1 Å². The van der Waals surface area contributed by atoms with Gasteiger partial charge in [-0.25, -0.2) is 9.97 Å². The first-order valence-corrected chi connectivity index (χ1v) is 7.48. The Bertz CT molecular complexity index is 749. The molecule has 6 nitrogen and oxygen atoms in total. The second kappa shape index (κ2) is 4.78. The topological polar surface area (TPSA) is 61.0 Å². The molecule has 1 spiro atoms. The Morgan fingerprint density at radius 3 is 2.77 bits per heavy atom. The number of aromatic nitrogens is 3. The Balaban J connectivity index is 1.37. The summed E-state index contributed by atoms with van der Waals surface area (Å²) in [6.07, 6.45) is 7.04. The molecule has 0 atom stereocenters. The van der Waals surface area contributed by atoms with Crippen molar-refractivity contribution in [2.45, 2.75) is 0 Å². The second-order valence-electron chi connectivity index (χ2n) is 5.98. The average Bonchev–Trinajstić information content (AvgIpc) is 2.98. The highest BCUT2D eigenvalue weighted by molar-refractivity contribution is 7.80. The van der Waals surface area contributed by atoms with Crippen molar-refractivity contribution in [1.29, 1.82) is 5.26 Å². The number of rotatable bonds is 1. The molecule has 110 valence electrons. The average molecular weight is 310 g/mol. The van der Waals surface area contributed by atoms with Gasteiger partial charge in [-0.1, -0.05) is 0 Å². The van der Waals surface area contributed by atoms with E-state index < -0.39 is 0 Å². The van der Waals surface area contributed by atoms with Gasteiger partial charge in [0, 0.05) is 50.2 Å². The number of nitriles is 1. The van der Waals surface area contributed by atoms with Gasteiger partial charge in [-0.2, -0.15) is 5.26 Å². The first kappa shape index (κ1) is 13.2. The molecule has 2 aromatic heterocycles. The minimum atomic E-state index is 0.314. The van der Waals surface area contributed by atoms with Crippen LogP contribution in [-0.2, 0) is 0 Å². The lowest BCUT2D eigenvalue weighted by molar-refractivity contribution is 0.0285. The Morgan fingerprint density at radius 1 is 1.27 bits per heavy atom. The molecular formula is C15H14N6S. The van der Waals surface area contributed by atoms with E-state index in [1.165, 1.54) is 0 Å². The van der Waals surface area contributed by atoms with E-state index in [2.05, 4.69) is 25.8 Å². The van der Waals surface area contributed by atoms with Crippen LogP contribution in [0.3, 0.4) is 0 Å². The molecule has 2 aromatic rings. The maximum absolute atomic E-state index is 8.96. The third kappa shape index (κ3) is 2.04. The van der Waals surface area contributed by atoms with Gasteiger partial charge in [-0.3, -0.25) is 4.57 Å². The molecule has 2 fully saturated rings. The van der Waals surface area contributed by atoms with E-state index in [4.69, 9.17) is 17.5 Å². The summed E-state index contributed by atoms with van der Waals surface area (Å²) in [6, 6.07) is 5.73. The predicted molar refractivity (Wildman–Crippen MR) is 85.4 cm³/mol. The number of anilines is 1. The van der Waals surface area contributed by atoms with Gasteiger partial charge in [0.05, 0.1) is 11.6 Å². The van der Waals surface area contributed by atoms with Crippen LogP contribution in [0.15, 0.2) is 37.1 Å². The fourth-order valence-electron chi connectivity index (χ4n) is 3.22. The van der Waals surface area contributed by atoms with Gasteiger partial charge in [0.2, 0.25) is 0 Å². The van der Waals surface area contributed by atoms with Gasteiger partial charge in [0.15, 0.2) is 5.11 Å². The minimum Gasteiger partial charge on any atom is -0.355 e. The van der Waals surface area contributed by atoms with E-state index in [0.29, 0.717) is 11.0 Å². The molecule has 0 amide bonds. The van der Waals surface area contributed by atoms with Gasteiger partial charge in [0.1, 0.15) is 12.1 Å². The Hall–Kier alpha value is -2.46. The quantitative estimate of drug-likeness (QED) is 0.735. The summed E-state index contributed by atoms with van der Waals surface area (Å²) in [4.78, 5) is 12.8. The van der Waals surface area contributed by atoms with Crippen LogP contribution in [0.5, 0.6) is 0 Å². The van der Waals surface area contributed by atoms with E-state index in [-0.39, 0.29) is 0 Å². The number of hydrogen-bond acceptors (Lipinski definition) is 5. The lowest BCUT2D eigenvalue weighted by Gasteiger charge is -2.61. The highest BCUT2D eigenvalue weighted by atomic mass is 32.1. The van der Waals surface area contributed by atoms with Crippen LogP contribution in [0.4, 0.5) is 5.82 Å². The number of thiocarbonyl (C=S) groups is 1. The highest BCUT2D eigenvalue weighted by Gasteiger charge is 2.52. The lowest BCUT2D eigenvalue weighted by Crippen LogP contribution is -2.73. The molecule has 0 saturated carbocycles. The number of hydrogen-bond donors (Lipinski definition) is 0. The number of imidazole rings is 1. The summed E-state index contributed by atoms with van der Waals surface area (Å²) in [6.45, 7) is 3.88. The summed E-state index contributed by atoms with van der Waals surface area (Å²) < 4.78 is 1.87. The molecule has 2 saturated heterocycles. The van der Waals surface area contributed by atoms with E-state index in [1.807, 2.05) is 16.8 Å². The second-order valence-corrected chi connectivity index (χ2v) is 6.34. The molecule has 2 aliphatic rings. The first-order chi connectivity index (χ1) is 10.7. The van der Waals surface area contributed by atoms with Crippen LogP contribution in [0.2, 0.25) is 0 Å².